The van der Waals surface area contributed by atoms with E-state index in [0.29, 0.717) is 0 Å². The van der Waals surface area contributed by atoms with Crippen LogP contribution in [0.1, 0.15) is 25.8 Å². The van der Waals surface area contributed by atoms with Gasteiger partial charge in [0.25, 0.3) is 0 Å². The average molecular weight is 366 g/mol. The molecule has 0 aliphatic rings. The van der Waals surface area contributed by atoms with Crippen LogP contribution < -0.4 is 10.6 Å². The quantitative estimate of drug-likeness (QED) is 0.786. The summed E-state index contributed by atoms with van der Waals surface area (Å²) in [7, 11) is 0. The highest BCUT2D eigenvalue weighted by molar-refractivity contribution is 5.73. The highest BCUT2D eigenvalue weighted by atomic mass is 19.4. The molecule has 140 valence electrons. The first kappa shape index (κ1) is 19.7. The van der Waals surface area contributed by atoms with E-state index in [1.165, 1.54) is 6.92 Å². The zero-order valence-electron chi connectivity index (χ0n) is 14.6. The Morgan fingerprint density at radius 3 is 2.27 bits per heavy atom. The van der Waals surface area contributed by atoms with E-state index in [0.717, 1.165) is 23.1 Å². The van der Waals surface area contributed by atoms with Crippen molar-refractivity contribution in [3.63, 3.8) is 0 Å². The molecule has 2 aromatic rings. The van der Waals surface area contributed by atoms with Gasteiger partial charge in [0.2, 0.25) is 11.9 Å². The summed E-state index contributed by atoms with van der Waals surface area (Å²) in [6.07, 6.45) is -1.28. The molecule has 2 N–H and O–H groups in total. The number of nitrogens with one attached hydrogen (secondary N) is 2. The van der Waals surface area contributed by atoms with Gasteiger partial charge in [0.05, 0.1) is 6.42 Å². The maximum atomic E-state index is 12.1. The van der Waals surface area contributed by atoms with Gasteiger partial charge in [-0.05, 0) is 24.5 Å². The second-order valence-electron chi connectivity index (χ2n) is 6.09. The van der Waals surface area contributed by atoms with Crippen LogP contribution in [0.25, 0.3) is 11.1 Å². The first-order valence-electron chi connectivity index (χ1n) is 8.22. The van der Waals surface area contributed by atoms with Crippen molar-refractivity contribution in [1.82, 2.24) is 15.3 Å². The van der Waals surface area contributed by atoms with Crippen molar-refractivity contribution in [2.75, 3.05) is 11.9 Å². The molecule has 0 aliphatic carbocycles. The molecule has 0 bridgehead atoms. The summed E-state index contributed by atoms with van der Waals surface area (Å²) < 4.78 is 36.3. The van der Waals surface area contributed by atoms with Crippen LogP contribution in [0, 0.1) is 0 Å². The monoisotopic (exact) mass is 366 g/mol. The number of carbonyl (C=O) groups is 1. The minimum absolute atomic E-state index is 0.0451. The molecular weight excluding hydrogens is 345 g/mol. The van der Waals surface area contributed by atoms with Crippen LogP contribution in [0.3, 0.4) is 0 Å². The van der Waals surface area contributed by atoms with E-state index in [1.807, 2.05) is 31.2 Å². The minimum atomic E-state index is -4.20. The lowest BCUT2D eigenvalue weighted by Crippen LogP contribution is -2.31. The van der Waals surface area contributed by atoms with Crippen molar-refractivity contribution in [2.45, 2.75) is 38.9 Å². The molecular formula is C18H21F3N4O. The van der Waals surface area contributed by atoms with Crippen LogP contribution in [0.5, 0.6) is 0 Å². The smallest absolute Gasteiger partial charge is 0.354 e. The summed E-state index contributed by atoms with van der Waals surface area (Å²) in [4.78, 5) is 19.1. The Balaban J connectivity index is 1.93. The van der Waals surface area contributed by atoms with Crippen LogP contribution in [-0.2, 0) is 11.2 Å². The van der Waals surface area contributed by atoms with Gasteiger partial charge >= 0.3 is 6.18 Å². The van der Waals surface area contributed by atoms with Crippen molar-refractivity contribution in [3.8, 4) is 11.1 Å². The zero-order chi connectivity index (χ0) is 19.2. The molecule has 26 heavy (non-hydrogen) atoms. The zero-order valence-corrected chi connectivity index (χ0v) is 14.6. The molecule has 0 saturated heterocycles. The number of aromatic nitrogens is 2. The topological polar surface area (TPSA) is 66.9 Å². The molecule has 0 aliphatic heterocycles. The largest absolute Gasteiger partial charge is 0.390 e. The van der Waals surface area contributed by atoms with E-state index in [2.05, 4.69) is 20.6 Å². The van der Waals surface area contributed by atoms with E-state index in [1.54, 1.807) is 12.4 Å². The normalized spacial score (nSPS) is 12.5. The predicted octanol–water partition coefficient (Wildman–Crippen LogP) is 3.58. The molecule has 1 unspecified atom stereocenters. The van der Waals surface area contributed by atoms with Crippen molar-refractivity contribution in [1.29, 1.82) is 0 Å². The van der Waals surface area contributed by atoms with Gasteiger partial charge in [0.15, 0.2) is 0 Å². The maximum Gasteiger partial charge on any atom is 0.390 e. The Hall–Kier alpha value is -2.64. The lowest BCUT2D eigenvalue weighted by Gasteiger charge is -2.12. The lowest BCUT2D eigenvalue weighted by molar-refractivity contribution is -0.131. The molecule has 2 rings (SSSR count). The standard InChI is InChI=1S/C18H21F3N4O/c1-12(25-13(2)26)9-14-3-5-15(6-4-14)16-10-23-17(24-11-16)22-8-7-18(19,20)21/h3-6,10-12H,7-9H2,1-2H3,(H,25,26)(H,22,23,24). The predicted molar refractivity (Wildman–Crippen MR) is 93.6 cm³/mol. The van der Waals surface area contributed by atoms with Crippen molar-refractivity contribution in [2.24, 2.45) is 0 Å². The molecule has 0 spiro atoms. The van der Waals surface area contributed by atoms with E-state index < -0.39 is 12.6 Å². The van der Waals surface area contributed by atoms with E-state index >= 15 is 0 Å². The summed E-state index contributed by atoms with van der Waals surface area (Å²) in [6, 6.07) is 7.81. The molecule has 0 fully saturated rings. The van der Waals surface area contributed by atoms with Crippen LogP contribution in [0.2, 0.25) is 0 Å². The Morgan fingerprint density at radius 1 is 1.12 bits per heavy atom. The fraction of sp³-hybridized carbons (Fsp3) is 0.389. The number of benzene rings is 1. The Bertz CT molecular complexity index is 715. The fourth-order valence-electron chi connectivity index (χ4n) is 2.47. The number of carbonyl (C=O) groups excluding carboxylic acids is 1. The molecule has 5 nitrogen and oxygen atoms in total. The second-order valence-corrected chi connectivity index (χ2v) is 6.09. The van der Waals surface area contributed by atoms with Gasteiger partial charge in [0.1, 0.15) is 0 Å². The van der Waals surface area contributed by atoms with Crippen LogP contribution >= 0.6 is 0 Å². The van der Waals surface area contributed by atoms with Gasteiger partial charge in [0, 0.05) is 37.5 Å². The first-order valence-corrected chi connectivity index (χ1v) is 8.22. The second kappa shape index (κ2) is 8.64. The van der Waals surface area contributed by atoms with Crippen molar-refractivity contribution < 1.29 is 18.0 Å². The molecule has 1 atom stereocenters. The average Bonchev–Trinajstić information content (AvgIpc) is 2.54. The van der Waals surface area contributed by atoms with Crippen LogP contribution in [-0.4, -0.2) is 34.6 Å². The van der Waals surface area contributed by atoms with Gasteiger partial charge < -0.3 is 10.6 Å². The number of hydrogen-bond acceptors (Lipinski definition) is 4. The molecule has 1 aromatic heterocycles. The molecule has 1 aromatic carbocycles. The third kappa shape index (κ3) is 6.70. The number of alkyl halides is 3. The van der Waals surface area contributed by atoms with Crippen LogP contribution in [0.15, 0.2) is 36.7 Å². The van der Waals surface area contributed by atoms with E-state index in [4.69, 9.17) is 0 Å². The summed E-state index contributed by atoms with van der Waals surface area (Å²) in [5.41, 5.74) is 2.76. The molecule has 8 heteroatoms. The summed E-state index contributed by atoms with van der Waals surface area (Å²) in [6.45, 7) is 3.17. The number of anilines is 1. The van der Waals surface area contributed by atoms with Crippen LogP contribution in [0.4, 0.5) is 19.1 Å². The number of hydrogen-bond donors (Lipinski definition) is 2. The Kier molecular flexibility index (Phi) is 6.54. The SMILES string of the molecule is CC(=O)NC(C)Cc1ccc(-c2cnc(NCCC(F)(F)F)nc2)cc1. The van der Waals surface area contributed by atoms with Gasteiger partial charge in [-0.15, -0.1) is 0 Å². The van der Waals surface area contributed by atoms with Crippen molar-refractivity contribution in [3.05, 3.63) is 42.2 Å². The van der Waals surface area contributed by atoms with E-state index in [9.17, 15) is 18.0 Å². The first-order chi connectivity index (χ1) is 12.2. The summed E-state index contributed by atoms with van der Waals surface area (Å²) >= 11 is 0. The summed E-state index contributed by atoms with van der Waals surface area (Å²) in [5.74, 6) is 0.106. The Labute approximate surface area is 150 Å². The number of halogens is 3. The number of amides is 1. The van der Waals surface area contributed by atoms with Gasteiger partial charge in [-0.25, -0.2) is 9.97 Å². The highest BCUT2D eigenvalue weighted by Crippen LogP contribution is 2.21. The minimum Gasteiger partial charge on any atom is -0.354 e. The fourth-order valence-corrected chi connectivity index (χ4v) is 2.47. The van der Waals surface area contributed by atoms with Gasteiger partial charge in [-0.1, -0.05) is 24.3 Å². The molecule has 0 radical (unpaired) electrons. The number of rotatable bonds is 7. The lowest BCUT2D eigenvalue weighted by atomic mass is 10.0. The van der Waals surface area contributed by atoms with Crippen molar-refractivity contribution >= 4 is 11.9 Å². The van der Waals surface area contributed by atoms with E-state index in [-0.39, 0.29) is 24.4 Å². The third-order valence-electron chi connectivity index (χ3n) is 3.62. The maximum absolute atomic E-state index is 12.1. The molecule has 1 amide bonds. The molecule has 0 saturated carbocycles. The van der Waals surface area contributed by atoms with Gasteiger partial charge in [-0.2, -0.15) is 13.2 Å². The number of nitrogens with zero attached hydrogens (tertiary/aromatic N) is 2. The highest BCUT2D eigenvalue weighted by Gasteiger charge is 2.26. The molecule has 1 heterocycles. The third-order valence-corrected chi connectivity index (χ3v) is 3.62. The van der Waals surface area contributed by atoms with Gasteiger partial charge in [-0.3, -0.25) is 4.79 Å². The summed E-state index contributed by atoms with van der Waals surface area (Å²) in [5, 5.41) is 5.38. The Morgan fingerprint density at radius 2 is 1.73 bits per heavy atom.